The Balaban J connectivity index is 0.000000250. The largest absolute Gasteiger partial charge is 0.500 e. The van der Waals surface area contributed by atoms with Crippen LogP contribution in [0.3, 0.4) is 0 Å². The van der Waals surface area contributed by atoms with Gasteiger partial charge in [-0.15, -0.1) is 53.6 Å². The maximum atomic E-state index is 8.67. The number of hydrogen-bond acceptors (Lipinski definition) is 3. The maximum Gasteiger partial charge on any atom is 0.128 e. The summed E-state index contributed by atoms with van der Waals surface area (Å²) >= 11 is 0. The second-order valence-electron chi connectivity index (χ2n) is 12.8. The Morgan fingerprint density at radius 3 is 2.34 bits per heavy atom. The van der Waals surface area contributed by atoms with E-state index in [1.165, 1.54) is 30.5 Å². The van der Waals surface area contributed by atoms with Crippen LogP contribution in [0.1, 0.15) is 58.1 Å². The van der Waals surface area contributed by atoms with Gasteiger partial charge in [0.1, 0.15) is 5.58 Å². The molecule has 0 N–H and O–H groups in total. The van der Waals surface area contributed by atoms with Crippen LogP contribution in [0.15, 0.2) is 126 Å². The predicted octanol–water partition coefficient (Wildman–Crippen LogP) is 12.3. The minimum Gasteiger partial charge on any atom is -0.500 e. The molecule has 0 atom stereocenters. The number of aryl methyl sites for hydroxylation is 3. The zero-order valence-electron chi connectivity index (χ0n) is 38.7. The van der Waals surface area contributed by atoms with Crippen LogP contribution in [0.5, 0.6) is 0 Å². The summed E-state index contributed by atoms with van der Waals surface area (Å²) < 4.78 is 92.2. The fourth-order valence-corrected chi connectivity index (χ4v) is 5.84. The summed E-state index contributed by atoms with van der Waals surface area (Å²) in [6.45, 7) is -1.35. The topological polar surface area (TPSA) is 38.9 Å². The van der Waals surface area contributed by atoms with Gasteiger partial charge in [0.05, 0.1) is 5.58 Å². The molecule has 0 fully saturated rings. The van der Waals surface area contributed by atoms with Gasteiger partial charge in [-0.25, -0.2) is 0 Å². The molecular formula is C46H40IrN2O-2. The number of rotatable bonds is 4. The first-order chi connectivity index (χ1) is 28.0. The van der Waals surface area contributed by atoms with Crippen molar-refractivity contribution in [2.75, 3.05) is 0 Å². The zero-order valence-corrected chi connectivity index (χ0v) is 30.1. The average molecular weight is 840 g/mol. The van der Waals surface area contributed by atoms with Gasteiger partial charge in [0.15, 0.2) is 0 Å². The molecule has 50 heavy (non-hydrogen) atoms. The first-order valence-corrected chi connectivity index (χ1v) is 15.9. The molecule has 251 valence electrons. The van der Waals surface area contributed by atoms with E-state index in [-0.39, 0.29) is 36.8 Å². The second kappa shape index (κ2) is 14.5. The molecule has 3 heterocycles. The number of nitrogens with zero attached hydrogens (tertiary/aromatic N) is 2. The van der Waals surface area contributed by atoms with Crippen LogP contribution in [0.25, 0.3) is 66.4 Å². The van der Waals surface area contributed by atoms with Gasteiger partial charge in [0.25, 0.3) is 0 Å². The zero-order chi connectivity index (χ0) is 43.4. The van der Waals surface area contributed by atoms with E-state index in [4.69, 9.17) is 19.5 Å². The average Bonchev–Trinajstić information content (AvgIpc) is 3.59. The first kappa shape index (κ1) is 23.5. The molecular weight excluding hydrogens is 789 g/mol. The number of hydrogen-bond donors (Lipinski definition) is 0. The van der Waals surface area contributed by atoms with Gasteiger partial charge in [0, 0.05) is 58.3 Å². The molecule has 0 aliphatic rings. The Kier molecular flexibility index (Phi) is 6.83. The summed E-state index contributed by atoms with van der Waals surface area (Å²) in [4.78, 5) is 8.68. The van der Waals surface area contributed by atoms with Crippen LogP contribution in [-0.4, -0.2) is 9.97 Å². The van der Waals surface area contributed by atoms with Crippen LogP contribution < -0.4 is 0 Å². The molecule has 1 radical (unpaired) electrons. The van der Waals surface area contributed by atoms with Crippen molar-refractivity contribution in [3.8, 4) is 33.6 Å². The van der Waals surface area contributed by atoms with E-state index >= 15 is 0 Å². The van der Waals surface area contributed by atoms with Crippen LogP contribution in [-0.2, 0) is 26.5 Å². The number of aromatic nitrogens is 2. The standard InChI is InChI=1S/C33H28NO.C13H12N.Ir/c1-21-18-22(20-33(2,3)4)12-14-25(21)24-16-17-34-30(19-24)29-11-7-10-27-28-15-13-23-8-5-6-9-26(23)31(28)35-32(27)29;1-10-3-6-12(7-4-10)13-8-5-11(2)9-14-13;/h5-10,12-19H,20H2,1-4H3;3-6,8-9H,1-2H3;/q2*-1;/i1D3,20D2;1D3,2D3;. The van der Waals surface area contributed by atoms with Crippen molar-refractivity contribution < 1.29 is 39.6 Å². The number of benzene rings is 5. The van der Waals surface area contributed by atoms with Crippen molar-refractivity contribution in [1.82, 2.24) is 9.97 Å². The molecule has 3 nitrogen and oxygen atoms in total. The third-order valence-corrected chi connectivity index (χ3v) is 8.04. The van der Waals surface area contributed by atoms with E-state index in [1.54, 1.807) is 36.5 Å². The van der Waals surface area contributed by atoms with E-state index in [1.807, 2.05) is 57.2 Å². The van der Waals surface area contributed by atoms with Gasteiger partial charge >= 0.3 is 0 Å². The Morgan fingerprint density at radius 2 is 1.58 bits per heavy atom. The number of pyridine rings is 2. The quantitative estimate of drug-likeness (QED) is 0.166. The Morgan fingerprint density at radius 1 is 0.740 bits per heavy atom. The second-order valence-corrected chi connectivity index (χ2v) is 12.8. The molecule has 8 rings (SSSR count). The van der Waals surface area contributed by atoms with E-state index in [0.717, 1.165) is 27.1 Å². The van der Waals surface area contributed by atoms with Gasteiger partial charge in [-0.05, 0) is 76.1 Å². The van der Waals surface area contributed by atoms with Crippen molar-refractivity contribution in [3.05, 3.63) is 156 Å². The molecule has 0 aliphatic carbocycles. The summed E-state index contributed by atoms with van der Waals surface area (Å²) in [5.41, 5.74) is 5.24. The van der Waals surface area contributed by atoms with Gasteiger partial charge in [0.2, 0.25) is 0 Å². The van der Waals surface area contributed by atoms with Crippen LogP contribution in [0, 0.1) is 38.1 Å². The molecule has 8 aromatic rings. The first-order valence-electron chi connectivity index (χ1n) is 21.4. The Labute approximate surface area is 324 Å². The molecule has 4 heteroatoms. The molecule has 0 aliphatic heterocycles. The smallest absolute Gasteiger partial charge is 0.128 e. The van der Waals surface area contributed by atoms with Gasteiger partial charge in [-0.1, -0.05) is 111 Å². The van der Waals surface area contributed by atoms with Crippen molar-refractivity contribution in [2.45, 2.75) is 47.7 Å². The van der Waals surface area contributed by atoms with E-state index in [0.29, 0.717) is 44.8 Å². The molecule has 0 amide bonds. The van der Waals surface area contributed by atoms with E-state index in [2.05, 4.69) is 40.3 Å². The van der Waals surface area contributed by atoms with Gasteiger partial charge < -0.3 is 14.4 Å². The summed E-state index contributed by atoms with van der Waals surface area (Å²) in [5.74, 6) is 0. The minimum atomic E-state index is -2.44. The summed E-state index contributed by atoms with van der Waals surface area (Å²) in [7, 11) is 0. The van der Waals surface area contributed by atoms with Crippen LogP contribution in [0.2, 0.25) is 0 Å². The normalized spacial score (nSPS) is 15.6. The van der Waals surface area contributed by atoms with E-state index < -0.39 is 32.3 Å². The number of furan rings is 1. The SMILES string of the molecule is [2H]C([2H])([2H])c1c[c-]c(-c2ccc(C([2H])([2H])[2H])cn2)cc1.[2H]C([2H])([2H])c1cc(C([2H])([2H])C(C)(C)C)ccc1-c1ccnc(-c2[c-]ccc3c2oc2c4ccccc4ccc32)c1.[Ir]. The fraction of sp³-hybridized carbons (Fsp3) is 0.174. The predicted molar refractivity (Wildman–Crippen MR) is 205 cm³/mol. The molecule has 0 saturated carbocycles. The minimum absolute atomic E-state index is 0. The molecule has 0 spiro atoms. The van der Waals surface area contributed by atoms with Crippen molar-refractivity contribution in [2.24, 2.45) is 5.41 Å². The molecule has 0 unspecified atom stereocenters. The third-order valence-electron chi connectivity index (χ3n) is 8.04. The third kappa shape index (κ3) is 7.48. The number of fused-ring (bicyclic) bond motifs is 5. The van der Waals surface area contributed by atoms with Gasteiger partial charge in [-0.2, -0.15) is 0 Å². The van der Waals surface area contributed by atoms with Crippen LogP contribution in [0.4, 0.5) is 0 Å². The Hall–Kier alpha value is -4.89. The monoisotopic (exact) mass is 840 g/mol. The molecule has 0 saturated heterocycles. The van der Waals surface area contributed by atoms with Crippen molar-refractivity contribution >= 4 is 32.7 Å². The van der Waals surface area contributed by atoms with Crippen molar-refractivity contribution in [3.63, 3.8) is 0 Å². The molecule has 3 aromatic heterocycles. The summed E-state index contributed by atoms with van der Waals surface area (Å²) in [6.07, 6.45) is 1.24. The Bertz CT molecular complexity index is 2780. The fourth-order valence-electron chi connectivity index (χ4n) is 5.84. The van der Waals surface area contributed by atoms with Crippen LogP contribution >= 0.6 is 0 Å². The summed E-state index contributed by atoms with van der Waals surface area (Å²) in [6, 6.07) is 38.3. The maximum absolute atomic E-state index is 8.67. The molecule has 5 aromatic carbocycles. The molecule has 0 bridgehead atoms. The summed E-state index contributed by atoms with van der Waals surface area (Å²) in [5, 5.41) is 4.09. The van der Waals surface area contributed by atoms with Crippen molar-refractivity contribution in [1.29, 1.82) is 0 Å². The van der Waals surface area contributed by atoms with Gasteiger partial charge in [-0.3, -0.25) is 0 Å². The van der Waals surface area contributed by atoms with E-state index in [9.17, 15) is 0 Å².